The van der Waals surface area contributed by atoms with Crippen LogP contribution in [0, 0.1) is 0 Å². The Morgan fingerprint density at radius 2 is 2.39 bits per heavy atom. The van der Waals surface area contributed by atoms with E-state index in [0.717, 1.165) is 0 Å². The monoisotopic (exact) mass is 251 g/mol. The number of ether oxygens (including phenoxy) is 2. The van der Waals surface area contributed by atoms with Gasteiger partial charge in [-0.15, -0.1) is 0 Å². The molecule has 1 amide bonds. The highest BCUT2D eigenvalue weighted by molar-refractivity contribution is 5.97. The van der Waals surface area contributed by atoms with Crippen molar-refractivity contribution in [3.05, 3.63) is 23.8 Å². The average molecular weight is 251 g/mol. The average Bonchev–Trinajstić information content (AvgIpc) is 2.46. The molecule has 1 heterocycles. The van der Waals surface area contributed by atoms with Crippen LogP contribution in [0.25, 0.3) is 0 Å². The van der Waals surface area contributed by atoms with Crippen LogP contribution in [0.1, 0.15) is 17.3 Å². The van der Waals surface area contributed by atoms with E-state index in [2.05, 4.69) is 5.32 Å². The third-order valence-corrected chi connectivity index (χ3v) is 2.43. The lowest BCUT2D eigenvalue weighted by molar-refractivity contribution is -0.139. The number of rotatable bonds is 3. The molecule has 18 heavy (non-hydrogen) atoms. The lowest BCUT2D eigenvalue weighted by atomic mass is 10.2. The second-order valence-electron chi connectivity index (χ2n) is 4.03. The van der Waals surface area contributed by atoms with Gasteiger partial charge in [0.15, 0.2) is 6.61 Å². The summed E-state index contributed by atoms with van der Waals surface area (Å²) in [5.41, 5.74) is 0.419. The topological polar surface area (TPSA) is 84.9 Å². The van der Waals surface area contributed by atoms with E-state index in [9.17, 15) is 9.59 Å². The molecule has 1 unspecified atom stereocenters. The first-order valence-corrected chi connectivity index (χ1v) is 5.48. The Kier molecular flexibility index (Phi) is 3.36. The van der Waals surface area contributed by atoms with Gasteiger partial charge in [0, 0.05) is 6.07 Å². The molecule has 1 atom stereocenters. The summed E-state index contributed by atoms with van der Waals surface area (Å²) in [6.45, 7) is 1.77. The minimum Gasteiger partial charge on any atom is -0.490 e. The molecule has 0 saturated heterocycles. The Bertz CT molecular complexity index is 485. The van der Waals surface area contributed by atoms with E-state index in [1.165, 1.54) is 6.07 Å². The second kappa shape index (κ2) is 4.95. The maximum absolute atomic E-state index is 11.8. The Labute approximate surface area is 104 Å². The molecule has 1 aliphatic rings. The third-order valence-electron chi connectivity index (χ3n) is 2.43. The van der Waals surface area contributed by atoms with Crippen LogP contribution in [-0.2, 0) is 4.79 Å². The van der Waals surface area contributed by atoms with Crippen molar-refractivity contribution in [2.24, 2.45) is 0 Å². The van der Waals surface area contributed by atoms with Gasteiger partial charge in [0.1, 0.15) is 18.1 Å². The fourth-order valence-corrected chi connectivity index (χ4v) is 1.60. The summed E-state index contributed by atoms with van der Waals surface area (Å²) >= 11 is 0. The number of carbonyl (C=O) groups is 2. The normalized spacial score (nSPS) is 18.1. The predicted molar refractivity (Wildman–Crippen MR) is 62.0 cm³/mol. The van der Waals surface area contributed by atoms with Gasteiger partial charge >= 0.3 is 5.97 Å². The Hall–Kier alpha value is -2.24. The van der Waals surface area contributed by atoms with Crippen molar-refractivity contribution in [2.75, 3.05) is 13.2 Å². The number of carboxylic acid groups (broad SMARTS) is 1. The van der Waals surface area contributed by atoms with Crippen molar-refractivity contribution in [3.63, 3.8) is 0 Å². The van der Waals surface area contributed by atoms with Crippen molar-refractivity contribution in [2.45, 2.75) is 13.0 Å². The lowest BCUT2D eigenvalue weighted by Gasteiger charge is -2.09. The van der Waals surface area contributed by atoms with Crippen molar-refractivity contribution in [1.82, 2.24) is 5.32 Å². The number of fused-ring (bicyclic) bond motifs is 1. The molecule has 2 rings (SSSR count). The van der Waals surface area contributed by atoms with Gasteiger partial charge in [-0.1, -0.05) is 0 Å². The summed E-state index contributed by atoms with van der Waals surface area (Å²) in [7, 11) is 0. The fraction of sp³-hybridized carbons (Fsp3) is 0.333. The molecule has 0 spiro atoms. The quantitative estimate of drug-likeness (QED) is 0.824. The Morgan fingerprint density at radius 1 is 1.61 bits per heavy atom. The van der Waals surface area contributed by atoms with Gasteiger partial charge in [-0.3, -0.25) is 4.79 Å². The molecule has 0 radical (unpaired) electrons. The molecule has 0 bridgehead atoms. The molecule has 0 saturated carbocycles. The first kappa shape index (κ1) is 12.2. The zero-order valence-corrected chi connectivity index (χ0v) is 9.80. The highest BCUT2D eigenvalue weighted by atomic mass is 16.5. The Balaban J connectivity index is 2.21. The third kappa shape index (κ3) is 2.71. The van der Waals surface area contributed by atoms with Gasteiger partial charge in [-0.2, -0.15) is 0 Å². The van der Waals surface area contributed by atoms with Gasteiger partial charge < -0.3 is 19.9 Å². The summed E-state index contributed by atoms with van der Waals surface area (Å²) < 4.78 is 10.5. The number of carbonyl (C=O) groups excluding carboxylic acids is 1. The molecule has 0 aromatic heterocycles. The van der Waals surface area contributed by atoms with Crippen molar-refractivity contribution in [3.8, 4) is 11.5 Å². The van der Waals surface area contributed by atoms with Crippen LogP contribution in [0.2, 0.25) is 0 Å². The van der Waals surface area contributed by atoms with Crippen LogP contribution in [0.3, 0.4) is 0 Å². The number of aliphatic carboxylic acids is 1. The van der Waals surface area contributed by atoms with E-state index in [-0.39, 0.29) is 11.9 Å². The maximum atomic E-state index is 11.8. The molecule has 1 aromatic rings. The molecule has 96 valence electrons. The van der Waals surface area contributed by atoms with Gasteiger partial charge in [-0.05, 0) is 19.1 Å². The molecule has 1 aliphatic heterocycles. The van der Waals surface area contributed by atoms with Crippen LogP contribution >= 0.6 is 0 Å². The molecule has 2 N–H and O–H groups in total. The van der Waals surface area contributed by atoms with Crippen LogP contribution < -0.4 is 14.8 Å². The highest BCUT2D eigenvalue weighted by Crippen LogP contribution is 2.26. The Morgan fingerprint density at radius 3 is 3.11 bits per heavy atom. The first-order chi connectivity index (χ1) is 8.56. The largest absolute Gasteiger partial charge is 0.490 e. The van der Waals surface area contributed by atoms with E-state index < -0.39 is 12.6 Å². The van der Waals surface area contributed by atoms with Crippen LogP contribution in [0.15, 0.2) is 18.2 Å². The standard InChI is InChI=1S/C12H13NO5/c1-7-5-18-10-4-8(17-6-11(14)15)2-3-9(10)12(16)13-7/h2-4,7H,5-6H2,1H3,(H,13,16)(H,14,15). The van der Waals surface area contributed by atoms with E-state index in [1.807, 2.05) is 6.92 Å². The number of amides is 1. The van der Waals surface area contributed by atoms with E-state index in [1.54, 1.807) is 12.1 Å². The van der Waals surface area contributed by atoms with Gasteiger partial charge in [0.2, 0.25) is 0 Å². The SMILES string of the molecule is CC1COc2cc(OCC(=O)O)ccc2C(=O)N1. The first-order valence-electron chi connectivity index (χ1n) is 5.48. The zero-order chi connectivity index (χ0) is 13.1. The summed E-state index contributed by atoms with van der Waals surface area (Å²) in [5.74, 6) is -0.504. The molecule has 0 fully saturated rings. The van der Waals surface area contributed by atoms with Crippen molar-refractivity contribution >= 4 is 11.9 Å². The molecule has 0 aliphatic carbocycles. The summed E-state index contributed by atoms with van der Waals surface area (Å²) in [6.07, 6.45) is 0. The number of hydrogen-bond donors (Lipinski definition) is 2. The number of benzene rings is 1. The number of carboxylic acids is 1. The number of nitrogens with one attached hydrogen (secondary N) is 1. The molecule has 1 aromatic carbocycles. The summed E-state index contributed by atoms with van der Waals surface area (Å²) in [5, 5.41) is 11.3. The summed E-state index contributed by atoms with van der Waals surface area (Å²) in [4.78, 5) is 22.2. The minimum absolute atomic E-state index is 0.0757. The van der Waals surface area contributed by atoms with E-state index in [0.29, 0.717) is 23.7 Å². The van der Waals surface area contributed by atoms with Crippen molar-refractivity contribution < 1.29 is 24.2 Å². The molecule has 6 heteroatoms. The van der Waals surface area contributed by atoms with Gasteiger partial charge in [0.05, 0.1) is 11.6 Å². The van der Waals surface area contributed by atoms with E-state index >= 15 is 0 Å². The van der Waals surface area contributed by atoms with Crippen molar-refractivity contribution in [1.29, 1.82) is 0 Å². The van der Waals surface area contributed by atoms with Crippen LogP contribution in [-0.4, -0.2) is 36.2 Å². The molecular formula is C12H13NO5. The van der Waals surface area contributed by atoms with Crippen LogP contribution in [0.4, 0.5) is 0 Å². The smallest absolute Gasteiger partial charge is 0.341 e. The maximum Gasteiger partial charge on any atom is 0.341 e. The molecular weight excluding hydrogens is 238 g/mol. The second-order valence-corrected chi connectivity index (χ2v) is 4.03. The lowest BCUT2D eigenvalue weighted by Crippen LogP contribution is -2.33. The van der Waals surface area contributed by atoms with Gasteiger partial charge in [-0.25, -0.2) is 4.79 Å². The zero-order valence-electron chi connectivity index (χ0n) is 9.80. The number of hydrogen-bond acceptors (Lipinski definition) is 4. The molecule has 6 nitrogen and oxygen atoms in total. The van der Waals surface area contributed by atoms with Gasteiger partial charge in [0.25, 0.3) is 5.91 Å². The summed E-state index contributed by atoms with van der Waals surface area (Å²) in [6, 6.07) is 4.55. The van der Waals surface area contributed by atoms with E-state index in [4.69, 9.17) is 14.6 Å². The minimum atomic E-state index is -1.06. The predicted octanol–water partition coefficient (Wildman–Crippen LogP) is 0.661. The fourth-order valence-electron chi connectivity index (χ4n) is 1.60. The van der Waals surface area contributed by atoms with Crippen LogP contribution in [0.5, 0.6) is 11.5 Å². The highest BCUT2D eigenvalue weighted by Gasteiger charge is 2.20.